The number of aryl methyl sites for hydroxylation is 1. The molecule has 1 aliphatic carbocycles. The van der Waals surface area contributed by atoms with E-state index in [1.165, 1.54) is 23.9 Å². The quantitative estimate of drug-likeness (QED) is 0.744. The summed E-state index contributed by atoms with van der Waals surface area (Å²) in [6.07, 6.45) is 3.98. The maximum absolute atomic E-state index is 14.0. The normalized spacial score (nSPS) is 14.2. The van der Waals surface area contributed by atoms with Crippen LogP contribution in [0.2, 0.25) is 0 Å². The van der Waals surface area contributed by atoms with Crippen LogP contribution in [0.1, 0.15) is 24.0 Å². The predicted octanol–water partition coefficient (Wildman–Crippen LogP) is 4.99. The minimum Gasteiger partial charge on any atom is -0.207 e. The van der Waals surface area contributed by atoms with Crippen molar-refractivity contribution in [3.05, 3.63) is 59.2 Å². The van der Waals surface area contributed by atoms with Crippen molar-refractivity contribution in [3.8, 4) is 0 Å². The molecule has 0 saturated carbocycles. The van der Waals surface area contributed by atoms with Crippen LogP contribution in [0.25, 0.3) is 0 Å². The van der Waals surface area contributed by atoms with Crippen molar-refractivity contribution >= 4 is 11.8 Å². The van der Waals surface area contributed by atoms with E-state index in [0.29, 0.717) is 0 Å². The molecule has 0 nitrogen and oxygen atoms in total. The molecule has 0 N–H and O–H groups in total. The van der Waals surface area contributed by atoms with Crippen LogP contribution in [0.3, 0.4) is 0 Å². The highest BCUT2D eigenvalue weighted by Crippen LogP contribution is 2.33. The van der Waals surface area contributed by atoms with Gasteiger partial charge in [0.1, 0.15) is 11.6 Å². The summed E-state index contributed by atoms with van der Waals surface area (Å²) in [5.74, 6) is -0.375. The summed E-state index contributed by atoms with van der Waals surface area (Å²) in [7, 11) is 0. The molecule has 0 spiro atoms. The standard InChI is InChI=1S/C16H14F2S/c17-12-5-3-6-13(9-12)19-14-8-11-4-1-2-7-15(11)16(18)10-14/h3,5-6,8-10H,1-2,4,7H2. The van der Waals surface area contributed by atoms with Gasteiger partial charge in [0.15, 0.2) is 0 Å². The van der Waals surface area contributed by atoms with Gasteiger partial charge in [-0.3, -0.25) is 0 Å². The second kappa shape index (κ2) is 5.33. The molecule has 0 amide bonds. The Morgan fingerprint density at radius 3 is 2.58 bits per heavy atom. The molecule has 0 saturated heterocycles. The minimum absolute atomic E-state index is 0.115. The third kappa shape index (κ3) is 2.81. The van der Waals surface area contributed by atoms with Crippen LogP contribution >= 0.6 is 11.8 Å². The highest BCUT2D eigenvalue weighted by atomic mass is 32.2. The van der Waals surface area contributed by atoms with Crippen LogP contribution < -0.4 is 0 Å². The summed E-state index contributed by atoms with van der Waals surface area (Å²) >= 11 is 1.41. The lowest BCUT2D eigenvalue weighted by Crippen LogP contribution is -2.05. The molecular weight excluding hydrogens is 262 g/mol. The molecule has 0 unspecified atom stereocenters. The van der Waals surface area contributed by atoms with Gasteiger partial charge in [-0.2, -0.15) is 0 Å². The number of halogens is 2. The molecule has 3 heteroatoms. The van der Waals surface area contributed by atoms with E-state index in [1.54, 1.807) is 12.1 Å². The summed E-state index contributed by atoms with van der Waals surface area (Å²) in [5, 5.41) is 0. The summed E-state index contributed by atoms with van der Waals surface area (Å²) in [5.41, 5.74) is 1.99. The number of hydrogen-bond acceptors (Lipinski definition) is 1. The van der Waals surface area contributed by atoms with E-state index >= 15 is 0 Å². The lowest BCUT2D eigenvalue weighted by Gasteiger charge is -2.17. The first-order valence-corrected chi connectivity index (χ1v) is 7.29. The van der Waals surface area contributed by atoms with Crippen LogP contribution in [-0.4, -0.2) is 0 Å². The van der Waals surface area contributed by atoms with Crippen molar-refractivity contribution in [2.75, 3.05) is 0 Å². The van der Waals surface area contributed by atoms with E-state index in [-0.39, 0.29) is 11.6 Å². The Balaban J connectivity index is 1.91. The highest BCUT2D eigenvalue weighted by molar-refractivity contribution is 7.99. The van der Waals surface area contributed by atoms with E-state index in [2.05, 4.69) is 0 Å². The fraction of sp³-hybridized carbons (Fsp3) is 0.250. The minimum atomic E-state index is -0.261. The lowest BCUT2D eigenvalue weighted by atomic mass is 9.91. The zero-order chi connectivity index (χ0) is 13.2. The maximum Gasteiger partial charge on any atom is 0.127 e. The van der Waals surface area contributed by atoms with E-state index in [9.17, 15) is 8.78 Å². The zero-order valence-electron chi connectivity index (χ0n) is 10.5. The Hall–Kier alpha value is -1.35. The molecule has 0 radical (unpaired) electrons. The molecule has 98 valence electrons. The van der Waals surface area contributed by atoms with Crippen molar-refractivity contribution in [2.24, 2.45) is 0 Å². The number of fused-ring (bicyclic) bond motifs is 1. The first-order chi connectivity index (χ1) is 9.22. The highest BCUT2D eigenvalue weighted by Gasteiger charge is 2.15. The second-order valence-electron chi connectivity index (χ2n) is 4.81. The molecule has 1 aliphatic rings. The summed E-state index contributed by atoms with van der Waals surface area (Å²) in [6, 6.07) is 10.0. The van der Waals surface area contributed by atoms with E-state index < -0.39 is 0 Å². The molecular formula is C16H14F2S. The van der Waals surface area contributed by atoms with Gasteiger partial charge < -0.3 is 0 Å². The predicted molar refractivity (Wildman–Crippen MR) is 73.6 cm³/mol. The van der Waals surface area contributed by atoms with Crippen LogP contribution in [-0.2, 0) is 12.8 Å². The van der Waals surface area contributed by atoms with Gasteiger partial charge in [-0.25, -0.2) is 8.78 Å². The van der Waals surface area contributed by atoms with Crippen LogP contribution in [0, 0.1) is 11.6 Å². The average Bonchev–Trinajstić information content (AvgIpc) is 2.39. The van der Waals surface area contributed by atoms with Gasteiger partial charge in [-0.05, 0) is 67.1 Å². The molecule has 0 atom stereocenters. The van der Waals surface area contributed by atoms with Crippen molar-refractivity contribution in [2.45, 2.75) is 35.5 Å². The third-order valence-corrected chi connectivity index (χ3v) is 4.38. The number of benzene rings is 2. The molecule has 0 bridgehead atoms. The van der Waals surface area contributed by atoms with E-state index in [1.807, 2.05) is 12.1 Å². The molecule has 0 aromatic heterocycles. The Labute approximate surface area is 115 Å². The lowest BCUT2D eigenvalue weighted by molar-refractivity contribution is 0.574. The Kier molecular flexibility index (Phi) is 3.56. The van der Waals surface area contributed by atoms with Crippen LogP contribution in [0.5, 0.6) is 0 Å². The monoisotopic (exact) mass is 276 g/mol. The summed E-state index contributed by atoms with van der Waals surface area (Å²) in [6.45, 7) is 0. The van der Waals surface area contributed by atoms with Crippen molar-refractivity contribution < 1.29 is 8.78 Å². The average molecular weight is 276 g/mol. The molecule has 2 aromatic rings. The third-order valence-electron chi connectivity index (χ3n) is 3.42. The Bertz CT molecular complexity index is 608. The van der Waals surface area contributed by atoms with Crippen molar-refractivity contribution in [1.82, 2.24) is 0 Å². The fourth-order valence-electron chi connectivity index (χ4n) is 2.51. The fourth-order valence-corrected chi connectivity index (χ4v) is 3.47. The molecule has 3 rings (SSSR count). The molecule has 0 aliphatic heterocycles. The number of rotatable bonds is 2. The largest absolute Gasteiger partial charge is 0.207 e. The van der Waals surface area contributed by atoms with E-state index in [4.69, 9.17) is 0 Å². The van der Waals surface area contributed by atoms with Gasteiger partial charge in [-0.15, -0.1) is 0 Å². The first-order valence-electron chi connectivity index (χ1n) is 6.47. The van der Waals surface area contributed by atoms with E-state index in [0.717, 1.165) is 46.6 Å². The second-order valence-corrected chi connectivity index (χ2v) is 5.96. The molecule has 2 aromatic carbocycles. The number of hydrogen-bond donors (Lipinski definition) is 0. The first kappa shape index (κ1) is 12.7. The van der Waals surface area contributed by atoms with Crippen molar-refractivity contribution in [1.29, 1.82) is 0 Å². The van der Waals surface area contributed by atoms with Gasteiger partial charge in [0.25, 0.3) is 0 Å². The Morgan fingerprint density at radius 1 is 0.895 bits per heavy atom. The molecule has 0 heterocycles. The SMILES string of the molecule is Fc1cccc(Sc2cc(F)c3c(c2)CCCC3)c1. The van der Waals surface area contributed by atoms with Gasteiger partial charge in [0.05, 0.1) is 0 Å². The summed E-state index contributed by atoms with van der Waals surface area (Å²) < 4.78 is 27.2. The van der Waals surface area contributed by atoms with Gasteiger partial charge in [0, 0.05) is 9.79 Å². The Morgan fingerprint density at radius 2 is 1.74 bits per heavy atom. The molecule has 19 heavy (non-hydrogen) atoms. The van der Waals surface area contributed by atoms with Crippen LogP contribution in [0.15, 0.2) is 46.2 Å². The van der Waals surface area contributed by atoms with Gasteiger partial charge in [0.2, 0.25) is 0 Å². The zero-order valence-corrected chi connectivity index (χ0v) is 11.3. The van der Waals surface area contributed by atoms with Gasteiger partial charge >= 0.3 is 0 Å². The smallest absolute Gasteiger partial charge is 0.127 e. The summed E-state index contributed by atoms with van der Waals surface area (Å²) in [4.78, 5) is 1.65. The van der Waals surface area contributed by atoms with Gasteiger partial charge in [-0.1, -0.05) is 17.8 Å². The van der Waals surface area contributed by atoms with Crippen LogP contribution in [0.4, 0.5) is 8.78 Å². The van der Waals surface area contributed by atoms with Crippen molar-refractivity contribution in [3.63, 3.8) is 0 Å². The molecule has 0 fully saturated rings. The maximum atomic E-state index is 14.0. The topological polar surface area (TPSA) is 0 Å².